The molecule has 2 aliphatic rings. The third-order valence-corrected chi connectivity index (χ3v) is 4.76. The van der Waals surface area contributed by atoms with Gasteiger partial charge in [0, 0.05) is 31.1 Å². The second-order valence-electron chi connectivity index (χ2n) is 6.57. The van der Waals surface area contributed by atoms with Gasteiger partial charge in [-0.1, -0.05) is 5.16 Å². The van der Waals surface area contributed by atoms with Crippen molar-refractivity contribution in [2.45, 2.75) is 32.3 Å². The monoisotopic (exact) mass is 345 g/mol. The highest BCUT2D eigenvalue weighted by Crippen LogP contribution is 2.36. The number of amides is 1. The minimum Gasteiger partial charge on any atom is -0.356 e. The van der Waals surface area contributed by atoms with Crippen LogP contribution in [-0.2, 0) is 22.4 Å². The Morgan fingerprint density at radius 3 is 3.08 bits per heavy atom. The standard InChI is InChI=1S/C18H20FN3O3/c1-11(23)20-8-14-9-22(10-24-14)17-5-12-3-2-4-13-7-21-25-18(13)15(12)6-16(17)19/h5-7,14H,2-4,8-10H2,1H3,(H,20,23)/t14-/m0/s1. The number of carbonyl (C=O) groups excluding carboxylic acids is 1. The van der Waals surface area contributed by atoms with Crippen LogP contribution in [0.1, 0.15) is 24.5 Å². The lowest BCUT2D eigenvalue weighted by Crippen LogP contribution is -2.33. The van der Waals surface area contributed by atoms with Crippen molar-refractivity contribution >= 4 is 11.6 Å². The van der Waals surface area contributed by atoms with Crippen molar-refractivity contribution in [2.75, 3.05) is 24.7 Å². The number of aromatic nitrogens is 1. The first-order valence-corrected chi connectivity index (χ1v) is 8.49. The van der Waals surface area contributed by atoms with Gasteiger partial charge in [0.15, 0.2) is 5.76 Å². The van der Waals surface area contributed by atoms with Crippen LogP contribution in [0.15, 0.2) is 22.9 Å². The molecule has 1 fully saturated rings. The molecule has 0 unspecified atom stereocenters. The van der Waals surface area contributed by atoms with Crippen molar-refractivity contribution in [3.8, 4) is 11.3 Å². The van der Waals surface area contributed by atoms with Crippen molar-refractivity contribution in [3.05, 3.63) is 35.3 Å². The van der Waals surface area contributed by atoms with E-state index in [1.54, 1.807) is 12.3 Å². The Morgan fingerprint density at radius 1 is 1.40 bits per heavy atom. The highest BCUT2D eigenvalue weighted by atomic mass is 19.1. The third kappa shape index (κ3) is 3.11. The number of carbonyl (C=O) groups is 1. The molecule has 0 radical (unpaired) electrons. The largest absolute Gasteiger partial charge is 0.356 e. The lowest BCUT2D eigenvalue weighted by atomic mass is 10.0. The lowest BCUT2D eigenvalue weighted by molar-refractivity contribution is -0.119. The summed E-state index contributed by atoms with van der Waals surface area (Å²) < 4.78 is 25.8. The number of aryl methyl sites for hydroxylation is 2. The van der Waals surface area contributed by atoms with Crippen LogP contribution in [0.25, 0.3) is 11.3 Å². The number of fused-ring (bicyclic) bond motifs is 3. The van der Waals surface area contributed by atoms with Gasteiger partial charge in [-0.15, -0.1) is 0 Å². The average molecular weight is 345 g/mol. The van der Waals surface area contributed by atoms with E-state index in [2.05, 4.69) is 10.5 Å². The van der Waals surface area contributed by atoms with E-state index in [9.17, 15) is 9.18 Å². The van der Waals surface area contributed by atoms with Crippen molar-refractivity contribution in [1.29, 1.82) is 0 Å². The Kier molecular flexibility index (Phi) is 4.17. The summed E-state index contributed by atoms with van der Waals surface area (Å²) in [6.07, 6.45) is 4.32. The zero-order chi connectivity index (χ0) is 17.4. The summed E-state index contributed by atoms with van der Waals surface area (Å²) in [7, 11) is 0. The van der Waals surface area contributed by atoms with Gasteiger partial charge in [0.25, 0.3) is 0 Å². The number of benzene rings is 1. The van der Waals surface area contributed by atoms with Gasteiger partial charge in [-0.2, -0.15) is 0 Å². The highest BCUT2D eigenvalue weighted by Gasteiger charge is 2.28. The number of halogens is 1. The minimum atomic E-state index is -0.299. The number of nitrogens with zero attached hydrogens (tertiary/aromatic N) is 2. The molecule has 132 valence electrons. The molecule has 1 aliphatic carbocycles. The first kappa shape index (κ1) is 16.1. The summed E-state index contributed by atoms with van der Waals surface area (Å²) in [4.78, 5) is 12.9. The predicted octanol–water partition coefficient (Wildman–Crippen LogP) is 2.27. The molecule has 4 rings (SSSR count). The SMILES string of the molecule is CC(=O)NC[C@H]1CN(c2cc3c(cc2F)-c2oncc2CCC3)CO1. The quantitative estimate of drug-likeness (QED) is 0.924. The number of anilines is 1. The smallest absolute Gasteiger partial charge is 0.216 e. The van der Waals surface area contributed by atoms with Gasteiger partial charge >= 0.3 is 0 Å². The van der Waals surface area contributed by atoms with E-state index in [0.717, 1.165) is 36.0 Å². The number of hydrogen-bond acceptors (Lipinski definition) is 5. The van der Waals surface area contributed by atoms with E-state index >= 15 is 0 Å². The summed E-state index contributed by atoms with van der Waals surface area (Å²) in [6.45, 7) is 2.76. The maximum Gasteiger partial charge on any atom is 0.216 e. The van der Waals surface area contributed by atoms with Crippen LogP contribution in [0, 0.1) is 5.82 Å². The number of hydrogen-bond donors (Lipinski definition) is 1. The maximum absolute atomic E-state index is 14.8. The summed E-state index contributed by atoms with van der Waals surface area (Å²) in [5.74, 6) is 0.284. The number of rotatable bonds is 3. The van der Waals surface area contributed by atoms with Crippen molar-refractivity contribution in [1.82, 2.24) is 10.5 Å². The molecule has 2 heterocycles. The first-order chi connectivity index (χ1) is 12.1. The summed E-state index contributed by atoms with van der Waals surface area (Å²) in [5.41, 5.74) is 3.43. The Labute approximate surface area is 144 Å². The molecule has 1 aliphatic heterocycles. The normalized spacial score (nSPS) is 19.3. The summed E-state index contributed by atoms with van der Waals surface area (Å²) in [5, 5.41) is 6.59. The Balaban J connectivity index is 1.59. The van der Waals surface area contributed by atoms with Crippen molar-refractivity contribution in [2.24, 2.45) is 0 Å². The van der Waals surface area contributed by atoms with Crippen molar-refractivity contribution < 1.29 is 18.4 Å². The van der Waals surface area contributed by atoms with Crippen LogP contribution >= 0.6 is 0 Å². The zero-order valence-electron chi connectivity index (χ0n) is 14.0. The summed E-state index contributed by atoms with van der Waals surface area (Å²) in [6, 6.07) is 3.44. The zero-order valence-corrected chi connectivity index (χ0v) is 14.0. The first-order valence-electron chi connectivity index (χ1n) is 8.49. The molecule has 1 aromatic carbocycles. The molecule has 1 saturated heterocycles. The topological polar surface area (TPSA) is 67.6 Å². The van der Waals surface area contributed by atoms with Gasteiger partial charge in [-0.05, 0) is 37.0 Å². The van der Waals surface area contributed by atoms with Gasteiger partial charge in [0.05, 0.1) is 18.0 Å². The highest BCUT2D eigenvalue weighted by molar-refractivity contribution is 5.73. The van der Waals surface area contributed by atoms with Gasteiger partial charge in [-0.3, -0.25) is 4.79 Å². The molecule has 0 spiro atoms. The molecule has 6 nitrogen and oxygen atoms in total. The van der Waals surface area contributed by atoms with Crippen LogP contribution in [0.4, 0.5) is 10.1 Å². The van der Waals surface area contributed by atoms with E-state index in [0.29, 0.717) is 31.3 Å². The molecule has 1 amide bonds. The average Bonchev–Trinajstić information content (AvgIpc) is 3.20. The van der Waals surface area contributed by atoms with Crippen molar-refractivity contribution in [3.63, 3.8) is 0 Å². The fourth-order valence-electron chi connectivity index (χ4n) is 3.49. The molecule has 1 aromatic heterocycles. The Morgan fingerprint density at radius 2 is 2.24 bits per heavy atom. The molecule has 25 heavy (non-hydrogen) atoms. The van der Waals surface area contributed by atoms with Gasteiger partial charge in [0.1, 0.15) is 12.5 Å². The van der Waals surface area contributed by atoms with E-state index in [4.69, 9.17) is 9.26 Å². The van der Waals surface area contributed by atoms with E-state index in [1.807, 2.05) is 11.0 Å². The predicted molar refractivity (Wildman–Crippen MR) is 89.7 cm³/mol. The van der Waals surface area contributed by atoms with E-state index < -0.39 is 0 Å². The molecular weight excluding hydrogens is 325 g/mol. The van der Waals surface area contributed by atoms with Gasteiger partial charge in [-0.25, -0.2) is 4.39 Å². The van der Waals surface area contributed by atoms with Crippen LogP contribution in [-0.4, -0.2) is 37.0 Å². The fraction of sp³-hybridized carbons (Fsp3) is 0.444. The van der Waals surface area contributed by atoms with E-state index in [-0.39, 0.29) is 17.8 Å². The van der Waals surface area contributed by atoms with Crippen LogP contribution in [0.2, 0.25) is 0 Å². The Bertz CT molecular complexity index is 805. The van der Waals surface area contributed by atoms with Gasteiger partial charge in [0.2, 0.25) is 5.91 Å². The molecule has 0 saturated carbocycles. The number of ether oxygens (including phenoxy) is 1. The van der Waals surface area contributed by atoms with E-state index in [1.165, 1.54) is 6.92 Å². The van der Waals surface area contributed by atoms with Crippen LogP contribution in [0.3, 0.4) is 0 Å². The molecule has 7 heteroatoms. The van der Waals surface area contributed by atoms with Gasteiger partial charge < -0.3 is 19.5 Å². The second kappa shape index (κ2) is 6.48. The lowest BCUT2D eigenvalue weighted by Gasteiger charge is -2.19. The third-order valence-electron chi connectivity index (χ3n) is 4.76. The maximum atomic E-state index is 14.8. The molecule has 1 atom stereocenters. The molecular formula is C18H20FN3O3. The van der Waals surface area contributed by atoms with Crippen LogP contribution in [0.5, 0.6) is 0 Å². The van der Waals surface area contributed by atoms with Crippen LogP contribution < -0.4 is 10.2 Å². The minimum absolute atomic E-state index is 0.0962. The fourth-order valence-corrected chi connectivity index (χ4v) is 3.49. The second-order valence-corrected chi connectivity index (χ2v) is 6.57. The number of nitrogens with one attached hydrogen (secondary N) is 1. The molecule has 0 bridgehead atoms. The summed E-state index contributed by atoms with van der Waals surface area (Å²) >= 11 is 0. The Hall–Kier alpha value is -2.41. The molecule has 2 aromatic rings. The molecule has 1 N–H and O–H groups in total.